The summed E-state index contributed by atoms with van der Waals surface area (Å²) in [6, 6.07) is 5.63. The Kier molecular flexibility index (Phi) is 3.45. The topological polar surface area (TPSA) is 75.7 Å². The Hall–Kier alpha value is -1.86. The number of rotatable bonds is 3. The van der Waals surface area contributed by atoms with E-state index in [4.69, 9.17) is 16.3 Å². The van der Waals surface area contributed by atoms with Gasteiger partial charge in [-0.25, -0.2) is 4.98 Å². The number of nitrogens with zero attached hydrogens (tertiary/aromatic N) is 3. The van der Waals surface area contributed by atoms with Crippen molar-refractivity contribution in [3.8, 4) is 5.75 Å². The lowest BCUT2D eigenvalue weighted by atomic mass is 10.3. The molecule has 6 nitrogen and oxygen atoms in total. The predicted octanol–water partition coefficient (Wildman–Crippen LogP) is 3.52. The van der Waals surface area contributed by atoms with Crippen molar-refractivity contribution in [1.29, 1.82) is 0 Å². The van der Waals surface area contributed by atoms with Crippen LogP contribution in [0.4, 0.5) is 11.5 Å². The molecule has 0 saturated heterocycles. The Morgan fingerprint density at radius 1 is 1.35 bits per heavy atom. The molecule has 3 aromatic rings. The lowest BCUT2D eigenvalue weighted by Crippen LogP contribution is -1.97. The third-order valence-corrected chi connectivity index (χ3v) is 3.50. The van der Waals surface area contributed by atoms with Crippen LogP contribution in [0.1, 0.15) is 0 Å². The van der Waals surface area contributed by atoms with Gasteiger partial charge in [-0.05, 0) is 39.7 Å². The Morgan fingerprint density at radius 3 is 3.00 bits per heavy atom. The van der Waals surface area contributed by atoms with Crippen molar-refractivity contribution in [3.05, 3.63) is 34.3 Å². The minimum absolute atomic E-state index is 0.135. The first kappa shape index (κ1) is 13.1. The molecule has 0 amide bonds. The first-order valence-corrected chi connectivity index (χ1v) is 6.81. The SMILES string of the molecule is COc1cc(Nc2nc(Cl)nc3nc[nH]c23)ccc1Br. The van der Waals surface area contributed by atoms with Crippen LogP contribution in [0.25, 0.3) is 11.2 Å². The molecular formula is C12H9BrClN5O. The molecule has 2 aromatic heterocycles. The number of hydrogen-bond donors (Lipinski definition) is 2. The Bertz CT molecular complexity index is 776. The first-order valence-electron chi connectivity index (χ1n) is 5.64. The van der Waals surface area contributed by atoms with Crippen LogP contribution in [-0.4, -0.2) is 27.0 Å². The fraction of sp³-hybridized carbons (Fsp3) is 0.0833. The van der Waals surface area contributed by atoms with Gasteiger partial charge in [0.05, 0.1) is 17.9 Å². The monoisotopic (exact) mass is 353 g/mol. The number of imidazole rings is 1. The number of nitrogens with one attached hydrogen (secondary N) is 2. The van der Waals surface area contributed by atoms with Crippen LogP contribution in [0.5, 0.6) is 5.75 Å². The van der Waals surface area contributed by atoms with E-state index in [9.17, 15) is 0 Å². The van der Waals surface area contributed by atoms with Gasteiger partial charge in [0.25, 0.3) is 0 Å². The molecule has 0 spiro atoms. The van der Waals surface area contributed by atoms with Crippen LogP contribution in [0.2, 0.25) is 5.28 Å². The van der Waals surface area contributed by atoms with E-state index >= 15 is 0 Å². The van der Waals surface area contributed by atoms with Gasteiger partial charge in [-0.2, -0.15) is 9.97 Å². The summed E-state index contributed by atoms with van der Waals surface area (Å²) in [5, 5.41) is 3.30. The molecule has 102 valence electrons. The van der Waals surface area contributed by atoms with E-state index in [1.165, 1.54) is 0 Å². The van der Waals surface area contributed by atoms with Gasteiger partial charge < -0.3 is 15.0 Å². The Labute approximate surface area is 127 Å². The van der Waals surface area contributed by atoms with E-state index in [1.807, 2.05) is 18.2 Å². The normalized spacial score (nSPS) is 10.8. The van der Waals surface area contributed by atoms with Crippen LogP contribution in [-0.2, 0) is 0 Å². The maximum absolute atomic E-state index is 5.88. The molecule has 0 atom stereocenters. The van der Waals surface area contributed by atoms with Gasteiger partial charge in [-0.3, -0.25) is 0 Å². The van der Waals surface area contributed by atoms with Gasteiger partial charge in [0, 0.05) is 11.8 Å². The second-order valence-electron chi connectivity index (χ2n) is 3.92. The summed E-state index contributed by atoms with van der Waals surface area (Å²) in [6.07, 6.45) is 1.54. The molecule has 3 rings (SSSR count). The van der Waals surface area contributed by atoms with Crippen molar-refractivity contribution in [1.82, 2.24) is 19.9 Å². The number of fused-ring (bicyclic) bond motifs is 1. The molecule has 1 aromatic carbocycles. The summed E-state index contributed by atoms with van der Waals surface area (Å²) in [5.41, 5.74) is 2.02. The molecule has 0 saturated carbocycles. The fourth-order valence-corrected chi connectivity index (χ4v) is 2.34. The summed E-state index contributed by atoms with van der Waals surface area (Å²) in [4.78, 5) is 15.2. The van der Waals surface area contributed by atoms with E-state index in [0.717, 1.165) is 15.9 Å². The van der Waals surface area contributed by atoms with E-state index in [0.29, 0.717) is 17.0 Å². The minimum atomic E-state index is 0.135. The van der Waals surface area contributed by atoms with E-state index in [-0.39, 0.29) is 5.28 Å². The van der Waals surface area contributed by atoms with Crippen LogP contribution < -0.4 is 10.1 Å². The molecule has 8 heteroatoms. The Balaban J connectivity index is 2.02. The number of hydrogen-bond acceptors (Lipinski definition) is 5. The number of benzene rings is 1. The summed E-state index contributed by atoms with van der Waals surface area (Å²) in [5.74, 6) is 1.28. The average Bonchev–Trinajstić information content (AvgIpc) is 2.89. The quantitative estimate of drug-likeness (QED) is 0.704. The average molecular weight is 355 g/mol. The molecule has 0 fully saturated rings. The number of aromatic amines is 1. The lowest BCUT2D eigenvalue weighted by molar-refractivity contribution is 0.412. The van der Waals surface area contributed by atoms with E-state index < -0.39 is 0 Å². The van der Waals surface area contributed by atoms with Gasteiger partial charge in [0.1, 0.15) is 11.3 Å². The zero-order valence-electron chi connectivity index (χ0n) is 10.3. The molecule has 2 heterocycles. The number of methoxy groups -OCH3 is 1. The number of anilines is 2. The van der Waals surface area contributed by atoms with Gasteiger partial charge in [-0.1, -0.05) is 0 Å². The largest absolute Gasteiger partial charge is 0.495 e. The van der Waals surface area contributed by atoms with Crippen LogP contribution in [0.3, 0.4) is 0 Å². The number of halogens is 2. The third kappa shape index (κ3) is 2.41. The van der Waals surface area contributed by atoms with Crippen molar-refractivity contribution >= 4 is 50.2 Å². The maximum Gasteiger partial charge on any atom is 0.226 e. The lowest BCUT2D eigenvalue weighted by Gasteiger charge is -2.09. The summed E-state index contributed by atoms with van der Waals surface area (Å²) < 4.78 is 6.13. The summed E-state index contributed by atoms with van der Waals surface area (Å²) >= 11 is 9.29. The van der Waals surface area contributed by atoms with Crippen molar-refractivity contribution in [2.45, 2.75) is 0 Å². The summed E-state index contributed by atoms with van der Waals surface area (Å²) in [6.45, 7) is 0. The van der Waals surface area contributed by atoms with Crippen molar-refractivity contribution in [2.24, 2.45) is 0 Å². The highest BCUT2D eigenvalue weighted by Gasteiger charge is 2.10. The molecular weight excluding hydrogens is 346 g/mol. The molecule has 0 aliphatic rings. The first-order chi connectivity index (χ1) is 9.67. The molecule has 0 aliphatic carbocycles. The number of ether oxygens (including phenoxy) is 1. The van der Waals surface area contributed by atoms with Crippen molar-refractivity contribution in [3.63, 3.8) is 0 Å². The highest BCUT2D eigenvalue weighted by atomic mass is 79.9. The molecule has 0 bridgehead atoms. The predicted molar refractivity (Wildman–Crippen MR) is 80.7 cm³/mol. The molecule has 2 N–H and O–H groups in total. The fourth-order valence-electron chi connectivity index (χ4n) is 1.77. The summed E-state index contributed by atoms with van der Waals surface area (Å²) in [7, 11) is 1.61. The molecule has 0 radical (unpaired) electrons. The van der Waals surface area contributed by atoms with Gasteiger partial charge in [0.15, 0.2) is 11.5 Å². The van der Waals surface area contributed by atoms with Crippen molar-refractivity contribution < 1.29 is 4.74 Å². The van der Waals surface area contributed by atoms with Crippen LogP contribution in [0, 0.1) is 0 Å². The maximum atomic E-state index is 5.88. The zero-order chi connectivity index (χ0) is 14.1. The number of aromatic nitrogens is 4. The molecule has 0 aliphatic heterocycles. The minimum Gasteiger partial charge on any atom is -0.495 e. The second kappa shape index (κ2) is 5.26. The van der Waals surface area contributed by atoms with E-state index in [2.05, 4.69) is 41.2 Å². The van der Waals surface area contributed by atoms with Gasteiger partial charge >= 0.3 is 0 Å². The number of H-pyrrole nitrogens is 1. The standard InChI is InChI=1S/C12H9BrClN5O/c1-20-8-4-6(2-3-7(8)13)17-11-9-10(16-5-15-9)18-12(14)19-11/h2-5H,1H3,(H2,15,16,17,18,19). The van der Waals surface area contributed by atoms with Gasteiger partial charge in [0.2, 0.25) is 5.28 Å². The molecule has 0 unspecified atom stereocenters. The smallest absolute Gasteiger partial charge is 0.226 e. The molecule has 20 heavy (non-hydrogen) atoms. The van der Waals surface area contributed by atoms with Crippen LogP contribution in [0.15, 0.2) is 29.0 Å². The van der Waals surface area contributed by atoms with E-state index in [1.54, 1.807) is 13.4 Å². The third-order valence-electron chi connectivity index (χ3n) is 2.67. The van der Waals surface area contributed by atoms with Crippen LogP contribution >= 0.6 is 27.5 Å². The van der Waals surface area contributed by atoms with Crippen molar-refractivity contribution in [2.75, 3.05) is 12.4 Å². The highest BCUT2D eigenvalue weighted by molar-refractivity contribution is 9.10. The van der Waals surface area contributed by atoms with Gasteiger partial charge in [-0.15, -0.1) is 0 Å². The second-order valence-corrected chi connectivity index (χ2v) is 5.11. The highest BCUT2D eigenvalue weighted by Crippen LogP contribution is 2.30. The zero-order valence-corrected chi connectivity index (χ0v) is 12.7. The Morgan fingerprint density at radius 2 is 2.20 bits per heavy atom.